The average Bonchev–Trinajstić information content (AvgIpc) is 2.54. The van der Waals surface area contributed by atoms with Crippen LogP contribution in [0.25, 0.3) is 11.0 Å². The lowest BCUT2D eigenvalue weighted by molar-refractivity contribution is 0.590. The average molecular weight is 231 g/mol. The molecule has 0 spiro atoms. The summed E-state index contributed by atoms with van der Waals surface area (Å²) in [5.41, 5.74) is 9.58. The highest BCUT2D eigenvalue weighted by atomic mass is 15.1. The number of hydrogen-bond donors (Lipinski definition) is 1. The predicted molar refractivity (Wildman–Crippen MR) is 72.0 cm³/mol. The molecule has 2 rings (SSSR count). The maximum atomic E-state index is 5.92. The van der Waals surface area contributed by atoms with E-state index in [4.69, 9.17) is 5.73 Å². The number of aryl methyl sites for hydroxylation is 1. The van der Waals surface area contributed by atoms with E-state index in [0.29, 0.717) is 0 Å². The SMILES string of the molecule is CC(N)c1nc2ccc(C(C)(C)C)cc2n1C. The Morgan fingerprint density at radius 2 is 1.94 bits per heavy atom. The second kappa shape index (κ2) is 3.84. The first kappa shape index (κ1) is 12.1. The summed E-state index contributed by atoms with van der Waals surface area (Å²) in [5, 5.41) is 0. The minimum absolute atomic E-state index is 0.0366. The molecule has 92 valence electrons. The van der Waals surface area contributed by atoms with Gasteiger partial charge in [0.1, 0.15) is 5.82 Å². The Hall–Kier alpha value is -1.35. The van der Waals surface area contributed by atoms with Crippen molar-refractivity contribution in [1.29, 1.82) is 0 Å². The summed E-state index contributed by atoms with van der Waals surface area (Å²) in [7, 11) is 2.03. The van der Waals surface area contributed by atoms with Crippen LogP contribution >= 0.6 is 0 Å². The zero-order chi connectivity index (χ0) is 12.8. The van der Waals surface area contributed by atoms with Gasteiger partial charge < -0.3 is 10.3 Å². The molecule has 1 unspecified atom stereocenters. The maximum absolute atomic E-state index is 5.92. The minimum atomic E-state index is -0.0366. The molecule has 1 aromatic heterocycles. The number of hydrogen-bond acceptors (Lipinski definition) is 2. The maximum Gasteiger partial charge on any atom is 0.126 e. The molecule has 1 heterocycles. The number of imidazole rings is 1. The fourth-order valence-corrected chi connectivity index (χ4v) is 2.08. The predicted octanol–water partition coefficient (Wildman–Crippen LogP) is 2.89. The molecular formula is C14H21N3. The van der Waals surface area contributed by atoms with Crippen LogP contribution in [-0.4, -0.2) is 9.55 Å². The summed E-state index contributed by atoms with van der Waals surface area (Å²) in [5.74, 6) is 0.936. The summed E-state index contributed by atoms with van der Waals surface area (Å²) < 4.78 is 2.09. The third kappa shape index (κ3) is 2.07. The molecule has 0 fully saturated rings. The van der Waals surface area contributed by atoms with Gasteiger partial charge in [0.05, 0.1) is 17.1 Å². The first-order valence-electron chi connectivity index (χ1n) is 6.03. The summed E-state index contributed by atoms with van der Waals surface area (Å²) in [6.45, 7) is 8.62. The Kier molecular flexibility index (Phi) is 2.74. The van der Waals surface area contributed by atoms with Gasteiger partial charge in [-0.1, -0.05) is 26.8 Å². The topological polar surface area (TPSA) is 43.8 Å². The molecule has 1 aromatic carbocycles. The van der Waals surface area contributed by atoms with Crippen molar-refractivity contribution in [2.75, 3.05) is 0 Å². The Morgan fingerprint density at radius 3 is 2.47 bits per heavy atom. The van der Waals surface area contributed by atoms with E-state index in [2.05, 4.69) is 48.5 Å². The third-order valence-corrected chi connectivity index (χ3v) is 3.19. The fraction of sp³-hybridized carbons (Fsp3) is 0.500. The normalized spacial score (nSPS) is 14.2. The smallest absolute Gasteiger partial charge is 0.126 e. The lowest BCUT2D eigenvalue weighted by atomic mass is 9.87. The molecule has 3 nitrogen and oxygen atoms in total. The summed E-state index contributed by atoms with van der Waals surface area (Å²) >= 11 is 0. The molecule has 0 saturated carbocycles. The van der Waals surface area contributed by atoms with Crippen LogP contribution in [0.5, 0.6) is 0 Å². The standard InChI is InChI=1S/C14H21N3/c1-9(15)13-16-11-7-6-10(14(2,3)4)8-12(11)17(13)5/h6-9H,15H2,1-5H3. The second-order valence-electron chi connectivity index (χ2n) is 5.77. The van der Waals surface area contributed by atoms with Gasteiger partial charge in [-0.2, -0.15) is 0 Å². The van der Waals surface area contributed by atoms with Gasteiger partial charge in [-0.3, -0.25) is 0 Å². The molecule has 2 N–H and O–H groups in total. The van der Waals surface area contributed by atoms with E-state index < -0.39 is 0 Å². The molecule has 0 amide bonds. The van der Waals surface area contributed by atoms with E-state index in [1.165, 1.54) is 5.56 Å². The Morgan fingerprint density at radius 1 is 1.29 bits per heavy atom. The summed E-state index contributed by atoms with van der Waals surface area (Å²) in [4.78, 5) is 4.57. The van der Waals surface area contributed by atoms with Gasteiger partial charge >= 0.3 is 0 Å². The molecule has 17 heavy (non-hydrogen) atoms. The number of aromatic nitrogens is 2. The van der Waals surface area contributed by atoms with E-state index >= 15 is 0 Å². The number of nitrogens with zero attached hydrogens (tertiary/aromatic N) is 2. The van der Waals surface area contributed by atoms with Crippen LogP contribution in [0.1, 0.15) is 45.1 Å². The number of nitrogens with two attached hydrogens (primary N) is 1. The minimum Gasteiger partial charge on any atom is -0.330 e. The van der Waals surface area contributed by atoms with Crippen molar-refractivity contribution in [1.82, 2.24) is 9.55 Å². The van der Waals surface area contributed by atoms with Crippen molar-refractivity contribution in [2.45, 2.75) is 39.2 Å². The van der Waals surface area contributed by atoms with Crippen molar-refractivity contribution in [3.63, 3.8) is 0 Å². The molecule has 0 saturated heterocycles. The highest BCUT2D eigenvalue weighted by Gasteiger charge is 2.17. The zero-order valence-corrected chi connectivity index (χ0v) is 11.3. The molecule has 3 heteroatoms. The highest BCUT2D eigenvalue weighted by molar-refractivity contribution is 5.77. The van der Waals surface area contributed by atoms with Gasteiger partial charge in [-0.25, -0.2) is 4.98 Å². The van der Waals surface area contributed by atoms with Crippen molar-refractivity contribution >= 4 is 11.0 Å². The monoisotopic (exact) mass is 231 g/mol. The number of benzene rings is 1. The van der Waals surface area contributed by atoms with E-state index in [1.54, 1.807) is 0 Å². The van der Waals surface area contributed by atoms with E-state index in [-0.39, 0.29) is 11.5 Å². The Balaban J connectivity index is 2.66. The van der Waals surface area contributed by atoms with Crippen LogP contribution < -0.4 is 5.73 Å². The Labute approximate surface area is 103 Å². The van der Waals surface area contributed by atoms with Gasteiger partial charge in [-0.15, -0.1) is 0 Å². The zero-order valence-electron chi connectivity index (χ0n) is 11.3. The van der Waals surface area contributed by atoms with Crippen molar-refractivity contribution in [3.05, 3.63) is 29.6 Å². The molecule has 2 aromatic rings. The van der Waals surface area contributed by atoms with Crippen LogP contribution in [0, 0.1) is 0 Å². The molecular weight excluding hydrogens is 210 g/mol. The van der Waals surface area contributed by atoms with E-state index in [1.807, 2.05) is 14.0 Å². The summed E-state index contributed by atoms with van der Waals surface area (Å²) in [6, 6.07) is 6.42. The van der Waals surface area contributed by atoms with Crippen molar-refractivity contribution in [3.8, 4) is 0 Å². The molecule has 1 atom stereocenters. The molecule has 0 radical (unpaired) electrons. The fourth-order valence-electron chi connectivity index (χ4n) is 2.08. The van der Waals surface area contributed by atoms with Crippen LogP contribution in [0.15, 0.2) is 18.2 Å². The van der Waals surface area contributed by atoms with E-state index in [9.17, 15) is 0 Å². The van der Waals surface area contributed by atoms with Crippen LogP contribution in [-0.2, 0) is 12.5 Å². The quantitative estimate of drug-likeness (QED) is 0.820. The van der Waals surface area contributed by atoms with Crippen LogP contribution in [0.3, 0.4) is 0 Å². The molecule has 0 aliphatic heterocycles. The first-order valence-corrected chi connectivity index (χ1v) is 6.03. The van der Waals surface area contributed by atoms with Gasteiger partial charge in [0, 0.05) is 7.05 Å². The van der Waals surface area contributed by atoms with Gasteiger partial charge in [-0.05, 0) is 30.0 Å². The number of rotatable bonds is 1. The van der Waals surface area contributed by atoms with Gasteiger partial charge in [0.2, 0.25) is 0 Å². The lowest BCUT2D eigenvalue weighted by Gasteiger charge is -2.18. The Bertz CT molecular complexity index is 544. The molecule has 0 bridgehead atoms. The van der Waals surface area contributed by atoms with Crippen LogP contribution in [0.4, 0.5) is 0 Å². The third-order valence-electron chi connectivity index (χ3n) is 3.19. The van der Waals surface area contributed by atoms with E-state index in [0.717, 1.165) is 16.9 Å². The van der Waals surface area contributed by atoms with Crippen LogP contribution in [0.2, 0.25) is 0 Å². The molecule has 0 aliphatic rings. The largest absolute Gasteiger partial charge is 0.330 e. The first-order chi connectivity index (χ1) is 7.80. The number of fused-ring (bicyclic) bond motifs is 1. The highest BCUT2D eigenvalue weighted by Crippen LogP contribution is 2.27. The van der Waals surface area contributed by atoms with Crippen molar-refractivity contribution in [2.24, 2.45) is 12.8 Å². The second-order valence-corrected chi connectivity index (χ2v) is 5.77. The van der Waals surface area contributed by atoms with Gasteiger partial charge in [0.15, 0.2) is 0 Å². The van der Waals surface area contributed by atoms with Crippen molar-refractivity contribution < 1.29 is 0 Å². The molecule has 0 aliphatic carbocycles. The van der Waals surface area contributed by atoms with Gasteiger partial charge in [0.25, 0.3) is 0 Å². The lowest BCUT2D eigenvalue weighted by Crippen LogP contribution is -2.12. The summed E-state index contributed by atoms with van der Waals surface area (Å²) in [6.07, 6.45) is 0.